The number of hydrogen-bond acceptors (Lipinski definition) is 6. The molecule has 0 unspecified atom stereocenters. The topological polar surface area (TPSA) is 67.8 Å². The number of carbonyl (C=O) groups is 1. The van der Waals surface area contributed by atoms with Crippen LogP contribution in [-0.4, -0.2) is 64.8 Å². The lowest BCUT2D eigenvalue weighted by atomic mass is 10.2. The number of piperazine rings is 1. The van der Waals surface area contributed by atoms with E-state index in [1.165, 1.54) is 0 Å². The van der Waals surface area contributed by atoms with Crippen molar-refractivity contribution in [2.24, 2.45) is 0 Å². The predicted octanol–water partition coefficient (Wildman–Crippen LogP) is 3.20. The van der Waals surface area contributed by atoms with Crippen molar-refractivity contribution in [2.75, 3.05) is 33.3 Å². The zero-order valence-corrected chi connectivity index (χ0v) is 17.0. The summed E-state index contributed by atoms with van der Waals surface area (Å²) in [6.45, 7) is 9.24. The van der Waals surface area contributed by atoms with Gasteiger partial charge in [-0.15, -0.1) is 0 Å². The van der Waals surface area contributed by atoms with Gasteiger partial charge in [0.25, 0.3) is 0 Å². The summed E-state index contributed by atoms with van der Waals surface area (Å²) < 4.78 is 10.9. The Morgan fingerprint density at radius 1 is 1.11 bits per heavy atom. The molecule has 0 N–H and O–H groups in total. The van der Waals surface area contributed by atoms with Crippen LogP contribution in [0.1, 0.15) is 26.5 Å². The minimum atomic E-state index is -0.468. The van der Waals surface area contributed by atoms with E-state index in [-0.39, 0.29) is 6.09 Å². The second-order valence-electron chi connectivity index (χ2n) is 7.82. The highest BCUT2D eigenvalue weighted by Crippen LogP contribution is 2.26. The number of carbonyl (C=O) groups excluding carboxylic acids is 1. The Balaban J connectivity index is 1.61. The summed E-state index contributed by atoms with van der Waals surface area (Å²) in [6.07, 6.45) is 1.54. The van der Waals surface area contributed by atoms with Gasteiger partial charge in [-0.3, -0.25) is 4.90 Å². The molecule has 0 spiro atoms. The first-order valence-corrected chi connectivity index (χ1v) is 9.51. The summed E-state index contributed by atoms with van der Waals surface area (Å²) in [5.41, 5.74) is 1.35. The molecule has 7 heteroatoms. The molecule has 0 radical (unpaired) electrons. The Morgan fingerprint density at radius 3 is 2.50 bits per heavy atom. The summed E-state index contributed by atoms with van der Waals surface area (Å²) >= 11 is 0. The Hall–Kier alpha value is -2.67. The molecule has 1 amide bonds. The smallest absolute Gasteiger partial charge is 0.410 e. The fraction of sp³-hybridized carbons (Fsp3) is 0.476. The maximum absolute atomic E-state index is 12.2. The van der Waals surface area contributed by atoms with Crippen LogP contribution in [0, 0.1) is 0 Å². The second-order valence-corrected chi connectivity index (χ2v) is 7.82. The van der Waals surface area contributed by atoms with Crippen LogP contribution >= 0.6 is 0 Å². The van der Waals surface area contributed by atoms with E-state index in [0.717, 1.165) is 30.1 Å². The van der Waals surface area contributed by atoms with E-state index in [0.29, 0.717) is 25.5 Å². The van der Waals surface area contributed by atoms with E-state index in [4.69, 9.17) is 14.5 Å². The van der Waals surface area contributed by atoms with Crippen LogP contribution in [0.3, 0.4) is 0 Å². The van der Waals surface area contributed by atoms with Gasteiger partial charge in [0, 0.05) is 38.9 Å². The summed E-state index contributed by atoms with van der Waals surface area (Å²) in [5.74, 6) is 1.41. The normalized spacial score (nSPS) is 15.4. The molecule has 1 aromatic carbocycles. The molecule has 1 fully saturated rings. The van der Waals surface area contributed by atoms with Crippen LogP contribution in [0.2, 0.25) is 0 Å². The third-order valence-corrected chi connectivity index (χ3v) is 4.47. The molecule has 0 saturated carbocycles. The molecule has 1 aromatic heterocycles. The first-order valence-electron chi connectivity index (χ1n) is 9.51. The van der Waals surface area contributed by atoms with Crippen molar-refractivity contribution in [1.82, 2.24) is 19.8 Å². The van der Waals surface area contributed by atoms with Crippen LogP contribution in [0.25, 0.3) is 11.4 Å². The molecule has 7 nitrogen and oxygen atoms in total. The van der Waals surface area contributed by atoms with Gasteiger partial charge in [0.1, 0.15) is 11.4 Å². The Kier molecular flexibility index (Phi) is 6.14. The van der Waals surface area contributed by atoms with E-state index in [2.05, 4.69) is 9.88 Å². The first-order chi connectivity index (χ1) is 13.4. The summed E-state index contributed by atoms with van der Waals surface area (Å²) in [7, 11) is 1.65. The number of para-hydroxylation sites is 1. The molecular formula is C21H28N4O3. The van der Waals surface area contributed by atoms with Crippen molar-refractivity contribution in [3.05, 3.63) is 42.2 Å². The molecule has 0 bridgehead atoms. The van der Waals surface area contributed by atoms with Crippen molar-refractivity contribution in [1.29, 1.82) is 0 Å². The molecule has 2 aromatic rings. The van der Waals surface area contributed by atoms with Crippen LogP contribution < -0.4 is 4.74 Å². The molecule has 1 aliphatic heterocycles. The quantitative estimate of drug-likeness (QED) is 0.806. The number of hydrogen-bond donors (Lipinski definition) is 0. The summed E-state index contributed by atoms with van der Waals surface area (Å²) in [6, 6.07) is 9.66. The van der Waals surface area contributed by atoms with Crippen molar-refractivity contribution in [3.8, 4) is 17.1 Å². The Labute approximate surface area is 166 Å². The number of nitrogens with zero attached hydrogens (tertiary/aromatic N) is 4. The maximum Gasteiger partial charge on any atom is 0.410 e. The van der Waals surface area contributed by atoms with Gasteiger partial charge in [0.2, 0.25) is 0 Å². The zero-order chi connectivity index (χ0) is 20.1. The standard InChI is InChI=1S/C21H28N4O3/c1-21(2,3)28-20(26)25-13-11-24(12-14-25)15-16-9-10-22-19(23-16)17-7-5-6-8-18(17)27-4/h5-10H,11-15H2,1-4H3. The summed E-state index contributed by atoms with van der Waals surface area (Å²) in [4.78, 5) is 25.4. The molecule has 0 aliphatic carbocycles. The number of amides is 1. The van der Waals surface area contributed by atoms with Gasteiger partial charge >= 0.3 is 6.09 Å². The number of rotatable bonds is 4. The van der Waals surface area contributed by atoms with Crippen molar-refractivity contribution in [2.45, 2.75) is 32.9 Å². The highest BCUT2D eigenvalue weighted by atomic mass is 16.6. The molecule has 2 heterocycles. The van der Waals surface area contributed by atoms with Gasteiger partial charge in [0.15, 0.2) is 5.82 Å². The van der Waals surface area contributed by atoms with Crippen molar-refractivity contribution < 1.29 is 14.3 Å². The van der Waals surface area contributed by atoms with Crippen LogP contribution in [0.4, 0.5) is 4.79 Å². The molecule has 3 rings (SSSR count). The lowest BCUT2D eigenvalue weighted by Crippen LogP contribution is -2.49. The highest BCUT2D eigenvalue weighted by molar-refractivity contribution is 5.68. The van der Waals surface area contributed by atoms with Crippen molar-refractivity contribution >= 4 is 6.09 Å². The lowest BCUT2D eigenvalue weighted by Gasteiger charge is -2.35. The minimum absolute atomic E-state index is 0.243. The molecule has 1 aliphatic rings. The fourth-order valence-corrected chi connectivity index (χ4v) is 3.09. The molecule has 28 heavy (non-hydrogen) atoms. The van der Waals surface area contributed by atoms with Crippen LogP contribution in [0.5, 0.6) is 5.75 Å². The van der Waals surface area contributed by atoms with Gasteiger partial charge in [-0.25, -0.2) is 14.8 Å². The molecule has 0 atom stereocenters. The number of methoxy groups -OCH3 is 1. The number of benzene rings is 1. The van der Waals surface area contributed by atoms with Gasteiger partial charge in [-0.05, 0) is 39.0 Å². The molecule has 1 saturated heterocycles. The molecular weight excluding hydrogens is 356 g/mol. The second kappa shape index (κ2) is 8.56. The molecule has 150 valence electrons. The first kappa shape index (κ1) is 20.1. The Morgan fingerprint density at radius 2 is 1.82 bits per heavy atom. The van der Waals surface area contributed by atoms with E-state index >= 15 is 0 Å². The third-order valence-electron chi connectivity index (χ3n) is 4.47. The van der Waals surface area contributed by atoms with E-state index in [9.17, 15) is 4.79 Å². The number of aromatic nitrogens is 2. The van der Waals surface area contributed by atoms with Gasteiger partial charge in [0.05, 0.1) is 18.4 Å². The average Bonchev–Trinajstić information content (AvgIpc) is 2.67. The van der Waals surface area contributed by atoms with E-state index < -0.39 is 5.60 Å². The fourth-order valence-electron chi connectivity index (χ4n) is 3.09. The van der Waals surface area contributed by atoms with E-state index in [1.807, 2.05) is 51.1 Å². The monoisotopic (exact) mass is 384 g/mol. The van der Waals surface area contributed by atoms with E-state index in [1.54, 1.807) is 18.2 Å². The average molecular weight is 384 g/mol. The lowest BCUT2D eigenvalue weighted by molar-refractivity contribution is 0.0138. The SMILES string of the molecule is COc1ccccc1-c1nccc(CN2CCN(C(=O)OC(C)(C)C)CC2)n1. The largest absolute Gasteiger partial charge is 0.496 e. The highest BCUT2D eigenvalue weighted by Gasteiger charge is 2.26. The van der Waals surface area contributed by atoms with Crippen molar-refractivity contribution in [3.63, 3.8) is 0 Å². The van der Waals surface area contributed by atoms with Crippen LogP contribution in [0.15, 0.2) is 36.5 Å². The number of ether oxygens (including phenoxy) is 2. The predicted molar refractivity (Wildman–Crippen MR) is 107 cm³/mol. The maximum atomic E-state index is 12.2. The zero-order valence-electron chi connectivity index (χ0n) is 17.0. The minimum Gasteiger partial charge on any atom is -0.496 e. The van der Waals surface area contributed by atoms with Gasteiger partial charge in [-0.2, -0.15) is 0 Å². The third kappa shape index (κ3) is 5.19. The van der Waals surface area contributed by atoms with Gasteiger partial charge in [-0.1, -0.05) is 12.1 Å². The van der Waals surface area contributed by atoms with Gasteiger partial charge < -0.3 is 14.4 Å². The van der Waals surface area contributed by atoms with Crippen LogP contribution in [-0.2, 0) is 11.3 Å². The Bertz CT molecular complexity index is 811. The summed E-state index contributed by atoms with van der Waals surface area (Å²) in [5, 5.41) is 0.